The van der Waals surface area contributed by atoms with Crippen molar-refractivity contribution in [3.63, 3.8) is 0 Å². The first-order valence-corrected chi connectivity index (χ1v) is 9.09. The standard InChI is InChI=1S/C18H12Cl3N5O/c1-9(16-11(19)7-22-8-12(16)20)27-15-5-3-13-18(24-15)17(26-25-13)10-2-4-14(21)23-6-10/h2-9H,1H3,(H,25,26)/t9-/m1/s1. The fourth-order valence-corrected chi connectivity index (χ4v) is 3.50. The number of nitrogens with zero attached hydrogens (tertiary/aromatic N) is 4. The third kappa shape index (κ3) is 3.56. The molecule has 0 radical (unpaired) electrons. The molecule has 4 heterocycles. The van der Waals surface area contributed by atoms with Gasteiger partial charge in [0.1, 0.15) is 22.5 Å². The van der Waals surface area contributed by atoms with Gasteiger partial charge in [-0.2, -0.15) is 5.10 Å². The molecule has 0 spiro atoms. The second-order valence-electron chi connectivity index (χ2n) is 5.76. The number of pyridine rings is 3. The molecule has 9 heteroatoms. The van der Waals surface area contributed by atoms with Crippen LogP contribution in [0.3, 0.4) is 0 Å². The van der Waals surface area contributed by atoms with Crippen LogP contribution >= 0.6 is 34.8 Å². The van der Waals surface area contributed by atoms with Crippen molar-refractivity contribution in [2.75, 3.05) is 0 Å². The number of H-pyrrole nitrogens is 1. The molecule has 0 aliphatic heterocycles. The van der Waals surface area contributed by atoms with Gasteiger partial charge >= 0.3 is 0 Å². The van der Waals surface area contributed by atoms with E-state index in [2.05, 4.69) is 25.1 Å². The van der Waals surface area contributed by atoms with Gasteiger partial charge in [-0.15, -0.1) is 0 Å². The van der Waals surface area contributed by atoms with Gasteiger partial charge in [-0.05, 0) is 25.1 Å². The number of aromatic nitrogens is 5. The van der Waals surface area contributed by atoms with Crippen molar-refractivity contribution < 1.29 is 4.74 Å². The molecule has 0 saturated heterocycles. The topological polar surface area (TPSA) is 76.6 Å². The van der Waals surface area contributed by atoms with Gasteiger partial charge in [-0.25, -0.2) is 9.97 Å². The summed E-state index contributed by atoms with van der Waals surface area (Å²) in [6.07, 6.45) is 4.29. The molecule has 4 aromatic heterocycles. The largest absolute Gasteiger partial charge is 0.470 e. The maximum atomic E-state index is 6.21. The Morgan fingerprint density at radius 1 is 1.00 bits per heavy atom. The number of hydrogen-bond donors (Lipinski definition) is 1. The third-order valence-electron chi connectivity index (χ3n) is 3.98. The Hall–Kier alpha value is -2.41. The Labute approximate surface area is 169 Å². The first kappa shape index (κ1) is 18.0. The molecule has 0 aliphatic carbocycles. The fraction of sp³-hybridized carbons (Fsp3) is 0.111. The van der Waals surface area contributed by atoms with Crippen molar-refractivity contribution in [2.45, 2.75) is 13.0 Å². The lowest BCUT2D eigenvalue weighted by Crippen LogP contribution is -2.06. The molecule has 0 aliphatic rings. The van der Waals surface area contributed by atoms with Gasteiger partial charge in [0, 0.05) is 35.8 Å². The average Bonchev–Trinajstić information content (AvgIpc) is 3.05. The highest BCUT2D eigenvalue weighted by Gasteiger charge is 2.18. The van der Waals surface area contributed by atoms with Crippen LogP contribution in [-0.2, 0) is 0 Å². The molecule has 0 unspecified atom stereocenters. The molecule has 6 nitrogen and oxygen atoms in total. The predicted molar refractivity (Wildman–Crippen MR) is 105 cm³/mol. The molecule has 0 saturated carbocycles. The van der Waals surface area contributed by atoms with Crippen molar-refractivity contribution in [1.82, 2.24) is 25.1 Å². The second-order valence-corrected chi connectivity index (χ2v) is 6.97. The maximum absolute atomic E-state index is 6.21. The molecule has 27 heavy (non-hydrogen) atoms. The number of hydrogen-bond acceptors (Lipinski definition) is 5. The average molecular weight is 421 g/mol. The quantitative estimate of drug-likeness (QED) is 0.440. The van der Waals surface area contributed by atoms with Gasteiger partial charge in [-0.1, -0.05) is 34.8 Å². The van der Waals surface area contributed by atoms with E-state index in [1.54, 1.807) is 18.3 Å². The Kier molecular flexibility index (Phi) is 4.86. The highest BCUT2D eigenvalue weighted by Crippen LogP contribution is 2.33. The van der Waals surface area contributed by atoms with Crippen molar-refractivity contribution in [1.29, 1.82) is 0 Å². The van der Waals surface area contributed by atoms with Gasteiger partial charge < -0.3 is 4.74 Å². The van der Waals surface area contributed by atoms with Gasteiger partial charge in [-0.3, -0.25) is 10.1 Å². The first-order chi connectivity index (χ1) is 13.0. The van der Waals surface area contributed by atoms with Gasteiger partial charge in [0.05, 0.1) is 15.6 Å². The van der Waals surface area contributed by atoms with Crippen LogP contribution in [0.5, 0.6) is 5.88 Å². The SMILES string of the molecule is C[C@@H](Oc1ccc2[nH]nc(-c3ccc(Cl)nc3)c2n1)c1c(Cl)cncc1Cl. The lowest BCUT2D eigenvalue weighted by Gasteiger charge is -2.16. The molecule has 0 amide bonds. The van der Waals surface area contributed by atoms with Crippen LogP contribution < -0.4 is 4.74 Å². The van der Waals surface area contributed by atoms with Crippen molar-refractivity contribution in [3.8, 4) is 17.1 Å². The minimum absolute atomic E-state index is 0.412. The molecule has 136 valence electrons. The van der Waals surface area contributed by atoms with E-state index in [0.717, 1.165) is 11.1 Å². The predicted octanol–water partition coefficient (Wildman–Crippen LogP) is 5.52. The number of fused-ring (bicyclic) bond motifs is 1. The van der Waals surface area contributed by atoms with E-state index in [-0.39, 0.29) is 0 Å². The van der Waals surface area contributed by atoms with E-state index in [1.165, 1.54) is 12.4 Å². The third-order valence-corrected chi connectivity index (χ3v) is 4.80. The zero-order valence-corrected chi connectivity index (χ0v) is 16.2. The van der Waals surface area contributed by atoms with Gasteiger partial charge in [0.25, 0.3) is 0 Å². The molecule has 1 N–H and O–H groups in total. The molecule has 0 bridgehead atoms. The van der Waals surface area contributed by atoms with Crippen LogP contribution in [0.15, 0.2) is 42.9 Å². The van der Waals surface area contributed by atoms with Crippen LogP contribution in [0.2, 0.25) is 15.2 Å². The van der Waals surface area contributed by atoms with Crippen LogP contribution in [-0.4, -0.2) is 25.1 Å². The minimum Gasteiger partial charge on any atom is -0.470 e. The van der Waals surface area contributed by atoms with E-state index >= 15 is 0 Å². The minimum atomic E-state index is -0.412. The van der Waals surface area contributed by atoms with Crippen LogP contribution in [0.4, 0.5) is 0 Å². The zero-order valence-electron chi connectivity index (χ0n) is 13.9. The normalized spacial score (nSPS) is 12.3. The summed E-state index contributed by atoms with van der Waals surface area (Å²) in [6.45, 7) is 1.85. The second kappa shape index (κ2) is 7.31. The summed E-state index contributed by atoms with van der Waals surface area (Å²) in [5, 5.41) is 8.56. The highest BCUT2D eigenvalue weighted by molar-refractivity contribution is 6.35. The van der Waals surface area contributed by atoms with E-state index in [9.17, 15) is 0 Å². The van der Waals surface area contributed by atoms with E-state index < -0.39 is 6.10 Å². The molecular formula is C18H12Cl3N5O. The summed E-state index contributed by atoms with van der Waals surface area (Å²) in [7, 11) is 0. The maximum Gasteiger partial charge on any atom is 0.214 e. The van der Waals surface area contributed by atoms with E-state index in [0.29, 0.717) is 37.9 Å². The molecule has 0 aromatic carbocycles. The van der Waals surface area contributed by atoms with Crippen molar-refractivity contribution >= 4 is 45.8 Å². The molecular weight excluding hydrogens is 409 g/mol. The van der Waals surface area contributed by atoms with Crippen LogP contribution in [0.25, 0.3) is 22.3 Å². The number of rotatable bonds is 4. The summed E-state index contributed by atoms with van der Waals surface area (Å²) in [5.74, 6) is 0.420. The highest BCUT2D eigenvalue weighted by atomic mass is 35.5. The van der Waals surface area contributed by atoms with Crippen LogP contribution in [0.1, 0.15) is 18.6 Å². The van der Waals surface area contributed by atoms with E-state index in [4.69, 9.17) is 39.5 Å². The summed E-state index contributed by atoms with van der Waals surface area (Å²) < 4.78 is 5.96. The van der Waals surface area contributed by atoms with Gasteiger partial charge in [0.2, 0.25) is 5.88 Å². The smallest absolute Gasteiger partial charge is 0.214 e. The fourth-order valence-electron chi connectivity index (χ4n) is 2.71. The van der Waals surface area contributed by atoms with Crippen molar-refractivity contribution in [3.05, 3.63) is 63.6 Å². The number of ether oxygens (including phenoxy) is 1. The molecule has 0 fully saturated rings. The van der Waals surface area contributed by atoms with Gasteiger partial charge in [0.15, 0.2) is 0 Å². The summed E-state index contributed by atoms with van der Waals surface area (Å²) >= 11 is 18.3. The lowest BCUT2D eigenvalue weighted by molar-refractivity contribution is 0.218. The van der Waals surface area contributed by atoms with Crippen LogP contribution in [0, 0.1) is 0 Å². The monoisotopic (exact) mass is 419 g/mol. The number of aromatic amines is 1. The Morgan fingerprint density at radius 2 is 1.78 bits per heavy atom. The summed E-state index contributed by atoms with van der Waals surface area (Å²) in [6, 6.07) is 7.14. The van der Waals surface area contributed by atoms with E-state index in [1.807, 2.05) is 19.1 Å². The number of nitrogens with one attached hydrogen (secondary N) is 1. The lowest BCUT2D eigenvalue weighted by atomic mass is 10.1. The Balaban J connectivity index is 1.69. The Bertz CT molecular complexity index is 1090. The number of halogens is 3. The van der Waals surface area contributed by atoms with Crippen molar-refractivity contribution in [2.24, 2.45) is 0 Å². The summed E-state index contributed by atoms with van der Waals surface area (Å²) in [5.41, 5.74) is 3.55. The molecule has 4 rings (SSSR count). The first-order valence-electron chi connectivity index (χ1n) is 7.95. The summed E-state index contributed by atoms with van der Waals surface area (Å²) in [4.78, 5) is 12.6. The zero-order chi connectivity index (χ0) is 19.0. The Morgan fingerprint density at radius 3 is 2.48 bits per heavy atom. The molecule has 4 aromatic rings. The molecule has 1 atom stereocenters.